The molecule has 0 saturated carbocycles. The second-order valence-corrected chi connectivity index (χ2v) is 8.25. The van der Waals surface area contributed by atoms with Gasteiger partial charge >= 0.3 is 0 Å². The Bertz CT molecular complexity index is 1240. The van der Waals surface area contributed by atoms with Crippen molar-refractivity contribution >= 4 is 34.8 Å². The molecule has 3 aromatic carbocycles. The highest BCUT2D eigenvalue weighted by molar-refractivity contribution is 6.07. The lowest BCUT2D eigenvalue weighted by atomic mass is 10.1. The SMILES string of the molecule is Cc1cccc(NC(=O)c2cccc(N3C[C@@H](C(=O)Nc4cc(C)ccc4F)CC3=O)c2)c1. The third-order valence-corrected chi connectivity index (χ3v) is 5.57. The number of amides is 3. The van der Waals surface area contributed by atoms with E-state index in [1.165, 1.54) is 11.0 Å². The maximum absolute atomic E-state index is 14.0. The van der Waals surface area contributed by atoms with Crippen LogP contribution in [0.4, 0.5) is 21.5 Å². The summed E-state index contributed by atoms with van der Waals surface area (Å²) in [5, 5.41) is 5.44. The molecule has 0 unspecified atom stereocenters. The Kier molecular flexibility index (Phi) is 6.22. The number of anilines is 3. The lowest BCUT2D eigenvalue weighted by Crippen LogP contribution is -2.28. The van der Waals surface area contributed by atoms with E-state index in [1.54, 1.807) is 49.4 Å². The van der Waals surface area contributed by atoms with E-state index in [9.17, 15) is 18.8 Å². The van der Waals surface area contributed by atoms with Crippen molar-refractivity contribution in [1.29, 1.82) is 0 Å². The van der Waals surface area contributed by atoms with Crippen LogP contribution in [0, 0.1) is 25.6 Å². The summed E-state index contributed by atoms with van der Waals surface area (Å²) in [5.41, 5.74) is 3.56. The zero-order valence-electron chi connectivity index (χ0n) is 18.4. The number of halogens is 1. The standard InChI is InChI=1S/C26H24FN3O3/c1-16-5-3-7-20(11-16)28-25(32)18-6-4-8-21(13-18)30-15-19(14-24(30)31)26(33)29-23-12-17(2)9-10-22(23)27/h3-13,19H,14-15H2,1-2H3,(H,28,32)(H,29,33)/t19-/m0/s1. The summed E-state index contributed by atoms with van der Waals surface area (Å²) in [6.45, 7) is 3.90. The molecule has 4 rings (SSSR count). The molecule has 7 heteroatoms. The molecule has 0 radical (unpaired) electrons. The van der Waals surface area contributed by atoms with Gasteiger partial charge in [0.15, 0.2) is 0 Å². The van der Waals surface area contributed by atoms with Crippen LogP contribution >= 0.6 is 0 Å². The van der Waals surface area contributed by atoms with E-state index >= 15 is 0 Å². The predicted octanol–water partition coefficient (Wildman–Crippen LogP) is 4.69. The fourth-order valence-corrected chi connectivity index (χ4v) is 3.84. The van der Waals surface area contributed by atoms with Crippen LogP contribution < -0.4 is 15.5 Å². The van der Waals surface area contributed by atoms with E-state index < -0.39 is 17.6 Å². The van der Waals surface area contributed by atoms with Gasteiger partial charge in [0.25, 0.3) is 5.91 Å². The van der Waals surface area contributed by atoms with Crippen molar-refractivity contribution in [2.24, 2.45) is 5.92 Å². The van der Waals surface area contributed by atoms with Gasteiger partial charge in [-0.25, -0.2) is 4.39 Å². The molecular weight excluding hydrogens is 421 g/mol. The smallest absolute Gasteiger partial charge is 0.255 e. The first-order chi connectivity index (χ1) is 15.8. The molecule has 0 bridgehead atoms. The quantitative estimate of drug-likeness (QED) is 0.598. The van der Waals surface area contributed by atoms with Gasteiger partial charge in [-0.2, -0.15) is 0 Å². The van der Waals surface area contributed by atoms with Gasteiger partial charge in [0.1, 0.15) is 5.82 Å². The van der Waals surface area contributed by atoms with Gasteiger partial charge in [0.2, 0.25) is 11.8 Å². The largest absolute Gasteiger partial charge is 0.323 e. The fraction of sp³-hybridized carbons (Fsp3) is 0.192. The maximum atomic E-state index is 14.0. The zero-order chi connectivity index (χ0) is 23.5. The molecule has 1 heterocycles. The fourth-order valence-electron chi connectivity index (χ4n) is 3.84. The Labute approximate surface area is 191 Å². The van der Waals surface area contributed by atoms with Gasteiger partial charge in [-0.1, -0.05) is 24.3 Å². The molecule has 0 aromatic heterocycles. The molecule has 1 saturated heterocycles. The van der Waals surface area contributed by atoms with Crippen LogP contribution in [-0.4, -0.2) is 24.3 Å². The van der Waals surface area contributed by atoms with Crippen molar-refractivity contribution in [3.05, 3.63) is 89.2 Å². The van der Waals surface area contributed by atoms with Crippen molar-refractivity contribution in [1.82, 2.24) is 0 Å². The highest BCUT2D eigenvalue weighted by Crippen LogP contribution is 2.27. The summed E-state index contributed by atoms with van der Waals surface area (Å²) in [6, 6.07) is 18.7. The third-order valence-electron chi connectivity index (χ3n) is 5.57. The number of hydrogen-bond acceptors (Lipinski definition) is 3. The summed E-state index contributed by atoms with van der Waals surface area (Å²) in [6.07, 6.45) is 0.0129. The van der Waals surface area contributed by atoms with Gasteiger partial charge in [0, 0.05) is 29.9 Å². The van der Waals surface area contributed by atoms with E-state index in [0.717, 1.165) is 11.1 Å². The minimum Gasteiger partial charge on any atom is -0.323 e. The molecule has 0 aliphatic carbocycles. The van der Waals surface area contributed by atoms with Crippen LogP contribution in [0.15, 0.2) is 66.7 Å². The summed E-state index contributed by atoms with van der Waals surface area (Å²) < 4.78 is 14.0. The summed E-state index contributed by atoms with van der Waals surface area (Å²) >= 11 is 0. The second kappa shape index (κ2) is 9.24. The first kappa shape index (κ1) is 22.2. The number of aryl methyl sites for hydroxylation is 2. The molecule has 0 spiro atoms. The van der Waals surface area contributed by atoms with Crippen LogP contribution in [0.1, 0.15) is 27.9 Å². The minimum absolute atomic E-state index is 0.0129. The van der Waals surface area contributed by atoms with Crippen LogP contribution in [0.25, 0.3) is 0 Å². The molecule has 6 nitrogen and oxygen atoms in total. The molecule has 168 valence electrons. The number of rotatable bonds is 5. The maximum Gasteiger partial charge on any atom is 0.255 e. The van der Waals surface area contributed by atoms with E-state index in [4.69, 9.17) is 0 Å². The van der Waals surface area contributed by atoms with Crippen molar-refractivity contribution in [3.63, 3.8) is 0 Å². The average molecular weight is 445 g/mol. The van der Waals surface area contributed by atoms with E-state index in [-0.39, 0.29) is 30.5 Å². The molecule has 1 fully saturated rings. The van der Waals surface area contributed by atoms with E-state index in [0.29, 0.717) is 16.9 Å². The third kappa shape index (κ3) is 5.09. The lowest BCUT2D eigenvalue weighted by molar-refractivity contribution is -0.122. The van der Waals surface area contributed by atoms with Gasteiger partial charge in [0.05, 0.1) is 11.6 Å². The summed E-state index contributed by atoms with van der Waals surface area (Å²) in [5.74, 6) is -2.08. The van der Waals surface area contributed by atoms with Gasteiger partial charge in [-0.3, -0.25) is 14.4 Å². The highest BCUT2D eigenvalue weighted by Gasteiger charge is 2.35. The van der Waals surface area contributed by atoms with Crippen LogP contribution in [0.5, 0.6) is 0 Å². The molecule has 1 aliphatic rings. The molecule has 33 heavy (non-hydrogen) atoms. The van der Waals surface area contributed by atoms with Crippen molar-refractivity contribution < 1.29 is 18.8 Å². The van der Waals surface area contributed by atoms with E-state index in [2.05, 4.69) is 10.6 Å². The molecule has 3 aromatic rings. The first-order valence-corrected chi connectivity index (χ1v) is 10.7. The number of carbonyl (C=O) groups excluding carboxylic acids is 3. The predicted molar refractivity (Wildman–Crippen MR) is 126 cm³/mol. The lowest BCUT2D eigenvalue weighted by Gasteiger charge is -2.18. The second-order valence-electron chi connectivity index (χ2n) is 8.25. The number of nitrogens with zero attached hydrogens (tertiary/aromatic N) is 1. The molecule has 1 atom stereocenters. The molecule has 3 amide bonds. The number of nitrogens with one attached hydrogen (secondary N) is 2. The normalized spacial score (nSPS) is 15.4. The average Bonchev–Trinajstić information content (AvgIpc) is 3.18. The Morgan fingerprint density at radius 2 is 1.70 bits per heavy atom. The van der Waals surface area contributed by atoms with E-state index in [1.807, 2.05) is 25.1 Å². The Hall–Kier alpha value is -4.00. The minimum atomic E-state index is -0.623. The molecular formula is C26H24FN3O3. The first-order valence-electron chi connectivity index (χ1n) is 10.7. The van der Waals surface area contributed by atoms with Crippen LogP contribution in [0.2, 0.25) is 0 Å². The Morgan fingerprint density at radius 1 is 0.939 bits per heavy atom. The van der Waals surface area contributed by atoms with Crippen LogP contribution in [0.3, 0.4) is 0 Å². The van der Waals surface area contributed by atoms with Crippen molar-refractivity contribution in [2.75, 3.05) is 22.1 Å². The van der Waals surface area contributed by atoms with Crippen molar-refractivity contribution in [2.45, 2.75) is 20.3 Å². The molecule has 1 aliphatic heterocycles. The summed E-state index contributed by atoms with van der Waals surface area (Å²) in [7, 11) is 0. The zero-order valence-corrected chi connectivity index (χ0v) is 18.4. The number of benzene rings is 3. The van der Waals surface area contributed by atoms with Gasteiger partial charge in [-0.15, -0.1) is 0 Å². The monoisotopic (exact) mass is 445 g/mol. The van der Waals surface area contributed by atoms with Crippen molar-refractivity contribution in [3.8, 4) is 0 Å². The Morgan fingerprint density at radius 3 is 2.48 bits per heavy atom. The van der Waals surface area contributed by atoms with Gasteiger partial charge < -0.3 is 15.5 Å². The van der Waals surface area contributed by atoms with Gasteiger partial charge in [-0.05, 0) is 67.4 Å². The summed E-state index contributed by atoms with van der Waals surface area (Å²) in [4.78, 5) is 39.5. The number of carbonyl (C=O) groups is 3. The molecule has 2 N–H and O–H groups in total. The number of hydrogen-bond donors (Lipinski definition) is 2. The topological polar surface area (TPSA) is 78.5 Å². The Balaban J connectivity index is 1.46. The van der Waals surface area contributed by atoms with Crippen LogP contribution in [-0.2, 0) is 9.59 Å². The highest BCUT2D eigenvalue weighted by atomic mass is 19.1.